The van der Waals surface area contributed by atoms with E-state index in [2.05, 4.69) is 33.3 Å². The Labute approximate surface area is 145 Å². The second-order valence-electron chi connectivity index (χ2n) is 6.76. The molecule has 2 aromatic heterocycles. The van der Waals surface area contributed by atoms with E-state index in [1.54, 1.807) is 12.3 Å². The van der Waals surface area contributed by atoms with Crippen LogP contribution in [0.5, 0.6) is 0 Å². The second kappa shape index (κ2) is 5.43. The highest BCUT2D eigenvalue weighted by molar-refractivity contribution is 6.02. The molecule has 0 amide bonds. The standard InChI is InChI=1S/C20H19FN4/c1-25-11-16-18-14(15-10-13(21)2-3-17(15)25)6-9-23-20(18)24-19(16)12-4-7-22-8-5-12/h2-4,6,9-10,22H,5,7-8,11H2,1H3,(H,23,24). The Bertz CT molecular complexity index is 1020. The molecule has 4 nitrogen and oxygen atoms in total. The molecule has 4 heterocycles. The van der Waals surface area contributed by atoms with E-state index in [1.165, 1.54) is 22.9 Å². The lowest BCUT2D eigenvalue weighted by atomic mass is 9.98. The monoisotopic (exact) mass is 334 g/mol. The molecule has 5 rings (SSSR count). The zero-order valence-electron chi connectivity index (χ0n) is 14.1. The third-order valence-corrected chi connectivity index (χ3v) is 5.24. The van der Waals surface area contributed by atoms with Crippen molar-refractivity contribution in [2.45, 2.75) is 13.0 Å². The fraction of sp³-hybridized carbons (Fsp3) is 0.250. The third-order valence-electron chi connectivity index (χ3n) is 5.24. The summed E-state index contributed by atoms with van der Waals surface area (Å²) < 4.78 is 14.0. The minimum absolute atomic E-state index is 0.211. The van der Waals surface area contributed by atoms with Crippen molar-refractivity contribution in [3.05, 3.63) is 53.6 Å². The summed E-state index contributed by atoms with van der Waals surface area (Å²) in [5, 5.41) is 4.48. The van der Waals surface area contributed by atoms with Gasteiger partial charge in [0, 0.05) is 54.2 Å². The van der Waals surface area contributed by atoms with Crippen LogP contribution in [0.4, 0.5) is 10.1 Å². The predicted octanol–water partition coefficient (Wildman–Crippen LogP) is 3.70. The summed E-state index contributed by atoms with van der Waals surface area (Å²) in [4.78, 5) is 10.3. The highest BCUT2D eigenvalue weighted by Crippen LogP contribution is 2.42. The second-order valence-corrected chi connectivity index (χ2v) is 6.76. The van der Waals surface area contributed by atoms with Gasteiger partial charge in [-0.25, -0.2) is 9.37 Å². The third kappa shape index (κ3) is 2.19. The Morgan fingerprint density at radius 3 is 2.96 bits per heavy atom. The van der Waals surface area contributed by atoms with Crippen LogP contribution in [0.25, 0.3) is 27.7 Å². The van der Waals surface area contributed by atoms with Crippen LogP contribution in [0.2, 0.25) is 0 Å². The van der Waals surface area contributed by atoms with Crippen molar-refractivity contribution in [1.82, 2.24) is 15.3 Å². The van der Waals surface area contributed by atoms with E-state index in [4.69, 9.17) is 0 Å². The summed E-state index contributed by atoms with van der Waals surface area (Å²) in [6.45, 7) is 2.66. The predicted molar refractivity (Wildman–Crippen MR) is 99.1 cm³/mol. The molecule has 0 aliphatic carbocycles. The quantitative estimate of drug-likeness (QED) is 0.713. The molecule has 0 saturated heterocycles. The zero-order valence-corrected chi connectivity index (χ0v) is 14.1. The Morgan fingerprint density at radius 2 is 2.12 bits per heavy atom. The van der Waals surface area contributed by atoms with Crippen LogP contribution >= 0.6 is 0 Å². The van der Waals surface area contributed by atoms with Gasteiger partial charge in [-0.05, 0) is 48.4 Å². The maximum absolute atomic E-state index is 14.0. The van der Waals surface area contributed by atoms with E-state index in [9.17, 15) is 4.39 Å². The van der Waals surface area contributed by atoms with Crippen molar-refractivity contribution in [1.29, 1.82) is 0 Å². The van der Waals surface area contributed by atoms with Gasteiger partial charge in [0.1, 0.15) is 11.5 Å². The number of anilines is 1. The van der Waals surface area contributed by atoms with Gasteiger partial charge < -0.3 is 15.2 Å². The van der Waals surface area contributed by atoms with Gasteiger partial charge in [-0.2, -0.15) is 0 Å². The highest BCUT2D eigenvalue weighted by atomic mass is 19.1. The normalized spacial score (nSPS) is 16.6. The Hall–Kier alpha value is -2.66. The van der Waals surface area contributed by atoms with Gasteiger partial charge in [0.25, 0.3) is 0 Å². The summed E-state index contributed by atoms with van der Waals surface area (Å²) in [5.74, 6) is -0.211. The largest absolute Gasteiger partial charge is 0.370 e. The number of rotatable bonds is 1. The number of nitrogens with zero attached hydrogens (tertiary/aromatic N) is 2. The molecule has 2 aliphatic rings. The van der Waals surface area contributed by atoms with Crippen molar-refractivity contribution in [2.24, 2.45) is 0 Å². The van der Waals surface area contributed by atoms with Gasteiger partial charge in [0.15, 0.2) is 0 Å². The van der Waals surface area contributed by atoms with E-state index >= 15 is 0 Å². The van der Waals surface area contributed by atoms with Gasteiger partial charge in [-0.15, -0.1) is 0 Å². The maximum Gasteiger partial charge on any atom is 0.138 e. The molecule has 5 heteroatoms. The number of hydrogen-bond donors (Lipinski definition) is 2. The van der Waals surface area contributed by atoms with Crippen LogP contribution < -0.4 is 10.2 Å². The van der Waals surface area contributed by atoms with E-state index < -0.39 is 0 Å². The lowest BCUT2D eigenvalue weighted by Gasteiger charge is -2.21. The number of benzene rings is 1. The maximum atomic E-state index is 14.0. The SMILES string of the molecule is CN1Cc2c(C3=CCNCC3)[nH]c3nccc(c23)-c2cc(F)ccc21. The number of aromatic amines is 1. The summed E-state index contributed by atoms with van der Waals surface area (Å²) >= 11 is 0. The van der Waals surface area contributed by atoms with Crippen molar-refractivity contribution < 1.29 is 4.39 Å². The van der Waals surface area contributed by atoms with Crippen molar-refractivity contribution in [3.63, 3.8) is 0 Å². The lowest BCUT2D eigenvalue weighted by Crippen LogP contribution is -2.21. The molecule has 126 valence electrons. The van der Waals surface area contributed by atoms with E-state index in [-0.39, 0.29) is 5.82 Å². The zero-order chi connectivity index (χ0) is 17.0. The van der Waals surface area contributed by atoms with E-state index in [0.29, 0.717) is 0 Å². The molecule has 2 aliphatic heterocycles. The molecule has 1 aromatic carbocycles. The molecule has 2 N–H and O–H groups in total. The number of halogens is 1. The number of fused-ring (bicyclic) bond motifs is 2. The smallest absolute Gasteiger partial charge is 0.138 e. The van der Waals surface area contributed by atoms with Gasteiger partial charge in [0.2, 0.25) is 0 Å². The summed E-state index contributed by atoms with van der Waals surface area (Å²) in [5.41, 5.74) is 7.68. The Morgan fingerprint density at radius 1 is 1.20 bits per heavy atom. The number of aromatic nitrogens is 2. The first-order chi connectivity index (χ1) is 12.2. The molecule has 0 bridgehead atoms. The molecule has 0 unspecified atom stereocenters. The molecule has 0 atom stereocenters. The van der Waals surface area contributed by atoms with Gasteiger partial charge >= 0.3 is 0 Å². The minimum Gasteiger partial charge on any atom is -0.370 e. The first-order valence-corrected chi connectivity index (χ1v) is 8.63. The number of nitrogens with one attached hydrogen (secondary N) is 2. The first kappa shape index (κ1) is 14.7. The highest BCUT2D eigenvalue weighted by Gasteiger charge is 2.25. The van der Waals surface area contributed by atoms with Gasteiger partial charge in [-0.3, -0.25) is 0 Å². The first-order valence-electron chi connectivity index (χ1n) is 8.63. The van der Waals surface area contributed by atoms with Crippen molar-refractivity contribution >= 4 is 22.3 Å². The average Bonchev–Trinajstić information content (AvgIpc) is 2.95. The van der Waals surface area contributed by atoms with Crippen molar-refractivity contribution in [3.8, 4) is 11.1 Å². The molecule has 0 saturated carbocycles. The van der Waals surface area contributed by atoms with Crippen LogP contribution in [0.3, 0.4) is 0 Å². The molecule has 0 radical (unpaired) electrons. The van der Waals surface area contributed by atoms with Gasteiger partial charge in [-0.1, -0.05) is 6.08 Å². The van der Waals surface area contributed by atoms with Crippen LogP contribution in [0.15, 0.2) is 36.5 Å². The van der Waals surface area contributed by atoms with Crippen LogP contribution in [-0.2, 0) is 6.54 Å². The number of H-pyrrole nitrogens is 1. The molecular formula is C20H19FN4. The summed E-state index contributed by atoms with van der Waals surface area (Å²) in [6, 6.07) is 7.03. The molecule has 3 aromatic rings. The summed E-state index contributed by atoms with van der Waals surface area (Å²) in [6.07, 6.45) is 5.06. The fourth-order valence-corrected chi connectivity index (χ4v) is 4.07. The van der Waals surface area contributed by atoms with E-state index in [0.717, 1.165) is 53.9 Å². The van der Waals surface area contributed by atoms with Crippen LogP contribution in [0.1, 0.15) is 17.7 Å². The topological polar surface area (TPSA) is 44.0 Å². The van der Waals surface area contributed by atoms with Gasteiger partial charge in [0.05, 0.1) is 0 Å². The number of pyridine rings is 1. The van der Waals surface area contributed by atoms with Crippen LogP contribution in [0, 0.1) is 5.82 Å². The minimum atomic E-state index is -0.211. The summed E-state index contributed by atoms with van der Waals surface area (Å²) in [7, 11) is 2.06. The lowest BCUT2D eigenvalue weighted by molar-refractivity contribution is 0.628. The Kier molecular flexibility index (Phi) is 3.18. The number of hydrogen-bond acceptors (Lipinski definition) is 3. The molecule has 0 fully saturated rings. The van der Waals surface area contributed by atoms with E-state index in [1.807, 2.05) is 12.1 Å². The Balaban J connectivity index is 1.83. The molecule has 25 heavy (non-hydrogen) atoms. The fourth-order valence-electron chi connectivity index (χ4n) is 4.07. The van der Waals surface area contributed by atoms with Crippen molar-refractivity contribution in [2.75, 3.05) is 25.0 Å². The molecular weight excluding hydrogens is 315 g/mol. The average molecular weight is 334 g/mol. The molecule has 0 spiro atoms. The van der Waals surface area contributed by atoms with Crippen LogP contribution in [-0.4, -0.2) is 30.1 Å².